The Bertz CT molecular complexity index is 308. The maximum Gasteiger partial charge on any atom is 0.104 e. The van der Waals surface area contributed by atoms with Gasteiger partial charge in [0.2, 0.25) is 0 Å². The Morgan fingerprint density at radius 3 is 2.58 bits per heavy atom. The first-order chi connectivity index (χ1) is 8.86. The number of likely N-dealkylation sites (tertiary alicyclic amines) is 1. The number of piperidine rings is 1. The van der Waals surface area contributed by atoms with Crippen LogP contribution in [-0.2, 0) is 0 Å². The summed E-state index contributed by atoms with van der Waals surface area (Å²) < 4.78 is 0. The highest BCUT2D eigenvalue weighted by molar-refractivity contribution is 5.04. The van der Waals surface area contributed by atoms with Gasteiger partial charge in [-0.1, -0.05) is 13.8 Å². The fourth-order valence-corrected chi connectivity index (χ4v) is 3.01. The van der Waals surface area contributed by atoms with Crippen molar-refractivity contribution in [1.29, 1.82) is 5.26 Å². The third-order valence-electron chi connectivity index (χ3n) is 4.42. The van der Waals surface area contributed by atoms with E-state index in [0.29, 0.717) is 6.04 Å². The first-order valence-corrected chi connectivity index (χ1v) is 7.77. The van der Waals surface area contributed by atoms with Gasteiger partial charge in [-0.15, -0.1) is 0 Å². The highest BCUT2D eigenvalue weighted by atomic mass is 15.1. The minimum absolute atomic E-state index is 0.362. The largest absolute Gasteiger partial charge is 0.303 e. The first kappa shape index (κ1) is 16.5. The second kappa shape index (κ2) is 7.26. The van der Waals surface area contributed by atoms with Gasteiger partial charge < -0.3 is 4.90 Å². The van der Waals surface area contributed by atoms with E-state index in [1.54, 1.807) is 0 Å². The van der Waals surface area contributed by atoms with E-state index in [0.717, 1.165) is 31.2 Å². The van der Waals surface area contributed by atoms with Crippen LogP contribution in [0.3, 0.4) is 0 Å². The zero-order valence-electron chi connectivity index (χ0n) is 13.4. The van der Waals surface area contributed by atoms with Crippen LogP contribution in [0.1, 0.15) is 53.9 Å². The molecule has 0 aromatic heterocycles. The number of hydrogen-bond acceptors (Lipinski definition) is 3. The van der Waals surface area contributed by atoms with Crippen molar-refractivity contribution in [3.8, 4) is 6.07 Å². The number of nitriles is 1. The van der Waals surface area contributed by atoms with E-state index < -0.39 is 0 Å². The molecular weight excluding hydrogens is 234 g/mol. The summed E-state index contributed by atoms with van der Waals surface area (Å²) in [6.07, 6.45) is 3.36. The molecule has 0 saturated carbocycles. The lowest BCUT2D eigenvalue weighted by Gasteiger charge is -2.36. The molecule has 0 aliphatic carbocycles. The Labute approximate surface area is 119 Å². The van der Waals surface area contributed by atoms with Gasteiger partial charge in [0.15, 0.2) is 0 Å². The van der Waals surface area contributed by atoms with Crippen LogP contribution in [0.15, 0.2) is 0 Å². The fourth-order valence-electron chi connectivity index (χ4n) is 3.01. The minimum atomic E-state index is -0.372. The maximum absolute atomic E-state index is 9.32. The molecule has 1 fully saturated rings. The van der Waals surface area contributed by atoms with Crippen LogP contribution in [0, 0.1) is 23.2 Å². The highest BCUT2D eigenvalue weighted by Crippen LogP contribution is 2.23. The summed E-state index contributed by atoms with van der Waals surface area (Å²) in [6.45, 7) is 14.5. The Kier molecular flexibility index (Phi) is 6.29. The van der Waals surface area contributed by atoms with Crippen LogP contribution in [0.25, 0.3) is 0 Å². The molecule has 3 unspecified atom stereocenters. The lowest BCUT2D eigenvalue weighted by Crippen LogP contribution is -2.46. The number of rotatable bonds is 6. The quantitative estimate of drug-likeness (QED) is 0.802. The van der Waals surface area contributed by atoms with Crippen LogP contribution in [0.2, 0.25) is 0 Å². The van der Waals surface area contributed by atoms with Crippen molar-refractivity contribution < 1.29 is 0 Å². The molecule has 1 aliphatic rings. The molecule has 1 rings (SSSR count). The van der Waals surface area contributed by atoms with E-state index in [2.05, 4.69) is 44.0 Å². The van der Waals surface area contributed by atoms with Gasteiger partial charge in [0, 0.05) is 12.6 Å². The molecule has 0 bridgehead atoms. The van der Waals surface area contributed by atoms with Crippen LogP contribution in [0.5, 0.6) is 0 Å². The Morgan fingerprint density at radius 1 is 1.37 bits per heavy atom. The number of nitrogens with zero attached hydrogens (tertiary/aromatic N) is 2. The minimum Gasteiger partial charge on any atom is -0.303 e. The lowest BCUT2D eigenvalue weighted by atomic mass is 9.88. The lowest BCUT2D eigenvalue weighted by molar-refractivity contribution is 0.134. The molecule has 19 heavy (non-hydrogen) atoms. The normalized spacial score (nSPS) is 28.1. The summed E-state index contributed by atoms with van der Waals surface area (Å²) >= 11 is 0. The van der Waals surface area contributed by atoms with E-state index in [4.69, 9.17) is 0 Å². The molecule has 3 atom stereocenters. The van der Waals surface area contributed by atoms with E-state index in [1.165, 1.54) is 19.5 Å². The van der Waals surface area contributed by atoms with Gasteiger partial charge in [-0.2, -0.15) is 5.26 Å². The first-order valence-electron chi connectivity index (χ1n) is 7.77. The summed E-state index contributed by atoms with van der Waals surface area (Å²) in [5.41, 5.74) is -0.372. The van der Waals surface area contributed by atoms with E-state index >= 15 is 0 Å². The summed E-state index contributed by atoms with van der Waals surface area (Å²) in [5.74, 6) is 1.67. The Hall–Kier alpha value is -0.590. The molecule has 3 nitrogen and oxygen atoms in total. The molecular formula is C16H31N3. The fraction of sp³-hybridized carbons (Fsp3) is 0.938. The highest BCUT2D eigenvalue weighted by Gasteiger charge is 2.26. The number of hydrogen-bond donors (Lipinski definition) is 1. The van der Waals surface area contributed by atoms with Crippen molar-refractivity contribution in [3.63, 3.8) is 0 Å². The third-order valence-corrected chi connectivity index (χ3v) is 4.42. The monoisotopic (exact) mass is 265 g/mol. The van der Waals surface area contributed by atoms with Crippen molar-refractivity contribution in [2.45, 2.75) is 65.5 Å². The molecule has 1 aliphatic heterocycles. The van der Waals surface area contributed by atoms with Crippen LogP contribution in [-0.4, -0.2) is 36.1 Å². The van der Waals surface area contributed by atoms with E-state index in [-0.39, 0.29) is 5.54 Å². The maximum atomic E-state index is 9.32. The molecule has 0 spiro atoms. The van der Waals surface area contributed by atoms with Crippen molar-refractivity contribution in [2.24, 2.45) is 11.8 Å². The van der Waals surface area contributed by atoms with Gasteiger partial charge in [0.25, 0.3) is 0 Å². The van der Waals surface area contributed by atoms with Crippen LogP contribution >= 0.6 is 0 Å². The summed E-state index contributed by atoms with van der Waals surface area (Å²) in [6, 6.07) is 2.80. The van der Waals surface area contributed by atoms with Gasteiger partial charge in [-0.3, -0.25) is 5.32 Å². The van der Waals surface area contributed by atoms with Gasteiger partial charge in [0.1, 0.15) is 5.54 Å². The Balaban J connectivity index is 2.31. The van der Waals surface area contributed by atoms with Gasteiger partial charge in [-0.05, 0) is 65.0 Å². The van der Waals surface area contributed by atoms with Crippen molar-refractivity contribution in [2.75, 3.05) is 19.6 Å². The predicted molar refractivity (Wildman–Crippen MR) is 80.9 cm³/mol. The smallest absolute Gasteiger partial charge is 0.104 e. The third kappa shape index (κ3) is 5.50. The molecule has 0 amide bonds. The summed E-state index contributed by atoms with van der Waals surface area (Å²) in [5, 5.41) is 12.7. The number of nitrogens with one attached hydrogen (secondary N) is 1. The van der Waals surface area contributed by atoms with Crippen LogP contribution < -0.4 is 5.32 Å². The van der Waals surface area contributed by atoms with Crippen molar-refractivity contribution in [3.05, 3.63) is 0 Å². The molecule has 0 aromatic rings. The average molecular weight is 265 g/mol. The topological polar surface area (TPSA) is 39.1 Å². The van der Waals surface area contributed by atoms with Gasteiger partial charge in [-0.25, -0.2) is 0 Å². The molecule has 110 valence electrons. The second-order valence-electron chi connectivity index (χ2n) is 6.89. The zero-order valence-corrected chi connectivity index (χ0v) is 13.4. The molecule has 3 heteroatoms. The molecule has 1 N–H and O–H groups in total. The zero-order chi connectivity index (χ0) is 14.5. The summed E-state index contributed by atoms with van der Waals surface area (Å²) in [7, 11) is 0. The summed E-state index contributed by atoms with van der Waals surface area (Å²) in [4.78, 5) is 2.57. The van der Waals surface area contributed by atoms with Crippen molar-refractivity contribution >= 4 is 0 Å². The molecule has 0 aromatic carbocycles. The molecule has 0 radical (unpaired) electrons. The molecule has 1 saturated heterocycles. The van der Waals surface area contributed by atoms with Gasteiger partial charge >= 0.3 is 0 Å². The van der Waals surface area contributed by atoms with E-state index in [9.17, 15) is 5.26 Å². The average Bonchev–Trinajstić information content (AvgIpc) is 2.33. The van der Waals surface area contributed by atoms with E-state index in [1.807, 2.05) is 6.92 Å². The standard InChI is InChI=1S/C16H31N3/c1-13(2)18-16(5,12-17)8-6-9-19-10-7-14(3)15(4)11-19/h13-15,18H,6-11H2,1-5H3. The van der Waals surface area contributed by atoms with Gasteiger partial charge in [0.05, 0.1) is 6.07 Å². The van der Waals surface area contributed by atoms with Crippen LogP contribution in [0.4, 0.5) is 0 Å². The Morgan fingerprint density at radius 2 is 2.05 bits per heavy atom. The second-order valence-corrected chi connectivity index (χ2v) is 6.89. The van der Waals surface area contributed by atoms with Crippen molar-refractivity contribution in [1.82, 2.24) is 10.2 Å². The molecule has 1 heterocycles. The SMILES string of the molecule is CC(C)NC(C)(C#N)CCCN1CCC(C)C(C)C1. The predicted octanol–water partition coefficient (Wildman–Crippen LogP) is 3.02.